The molecular weight excluding hydrogens is 262 g/mol. The Morgan fingerprint density at radius 2 is 1.95 bits per heavy atom. The number of carboxylic acids is 1. The van der Waals surface area contributed by atoms with E-state index in [9.17, 15) is 14.7 Å². The van der Waals surface area contributed by atoms with Crippen molar-refractivity contribution in [3.63, 3.8) is 0 Å². The number of carbonyl (C=O) groups excluding carboxylic acids is 1. The standard InChI is InChI=1S/C14H27NO3S/c1-5-8-9-10-13(4,19-7-3)14(6-2,12(17)18)15-11-16/h11H,5-10H2,1-4H3,(H,15,16)(H,17,18). The van der Waals surface area contributed by atoms with Crippen molar-refractivity contribution >= 4 is 24.1 Å². The van der Waals surface area contributed by atoms with Gasteiger partial charge in [0.15, 0.2) is 5.54 Å². The number of rotatable bonds is 11. The van der Waals surface area contributed by atoms with Crippen molar-refractivity contribution in [2.45, 2.75) is 70.1 Å². The third kappa shape index (κ3) is 4.13. The molecule has 0 saturated carbocycles. The van der Waals surface area contributed by atoms with E-state index in [4.69, 9.17) is 0 Å². The minimum Gasteiger partial charge on any atom is -0.479 e. The largest absolute Gasteiger partial charge is 0.479 e. The van der Waals surface area contributed by atoms with Gasteiger partial charge in [-0.2, -0.15) is 11.8 Å². The van der Waals surface area contributed by atoms with Gasteiger partial charge >= 0.3 is 5.97 Å². The average molecular weight is 289 g/mol. The van der Waals surface area contributed by atoms with Gasteiger partial charge in [0.1, 0.15) is 0 Å². The lowest BCUT2D eigenvalue weighted by molar-refractivity contribution is -0.148. The minimum absolute atomic E-state index is 0.386. The predicted octanol–water partition coefficient (Wildman–Crippen LogP) is 3.06. The summed E-state index contributed by atoms with van der Waals surface area (Å²) in [4.78, 5) is 22.6. The van der Waals surface area contributed by atoms with Crippen LogP contribution in [0.3, 0.4) is 0 Å². The summed E-state index contributed by atoms with van der Waals surface area (Å²) in [5.74, 6) is -0.111. The fraction of sp³-hybridized carbons (Fsp3) is 0.857. The Bertz CT molecular complexity index is 298. The van der Waals surface area contributed by atoms with Crippen LogP contribution in [0.4, 0.5) is 0 Å². The molecule has 0 aromatic heterocycles. The number of hydrogen-bond donors (Lipinski definition) is 2. The van der Waals surface area contributed by atoms with Gasteiger partial charge in [0.05, 0.1) is 0 Å². The van der Waals surface area contributed by atoms with Crippen LogP contribution >= 0.6 is 11.8 Å². The smallest absolute Gasteiger partial charge is 0.330 e. The molecule has 5 heteroatoms. The molecule has 0 rings (SSSR count). The molecule has 1 amide bonds. The maximum absolute atomic E-state index is 11.8. The van der Waals surface area contributed by atoms with Crippen LogP contribution in [0.25, 0.3) is 0 Å². The third-order valence-corrected chi connectivity index (χ3v) is 5.30. The number of nitrogens with one attached hydrogen (secondary N) is 1. The molecule has 19 heavy (non-hydrogen) atoms. The van der Waals surface area contributed by atoms with Crippen LogP contribution in [0, 0.1) is 0 Å². The van der Waals surface area contributed by atoms with Crippen LogP contribution in [-0.4, -0.2) is 33.5 Å². The molecule has 0 saturated heterocycles. The molecule has 2 unspecified atom stereocenters. The first-order valence-corrected chi connectivity index (χ1v) is 8.01. The van der Waals surface area contributed by atoms with Crippen molar-refractivity contribution in [3.8, 4) is 0 Å². The van der Waals surface area contributed by atoms with Gasteiger partial charge < -0.3 is 10.4 Å². The number of carboxylic acid groups (broad SMARTS) is 1. The number of carbonyl (C=O) groups is 2. The Hall–Kier alpha value is -0.710. The van der Waals surface area contributed by atoms with Crippen LogP contribution < -0.4 is 5.32 Å². The number of hydrogen-bond acceptors (Lipinski definition) is 3. The van der Waals surface area contributed by atoms with Crippen LogP contribution in [0.5, 0.6) is 0 Å². The maximum Gasteiger partial charge on any atom is 0.330 e. The van der Waals surface area contributed by atoms with E-state index in [2.05, 4.69) is 12.2 Å². The summed E-state index contributed by atoms with van der Waals surface area (Å²) >= 11 is 1.63. The zero-order valence-corrected chi connectivity index (χ0v) is 13.3. The van der Waals surface area contributed by atoms with Crippen LogP contribution in [0.15, 0.2) is 0 Å². The Labute approximate surface area is 120 Å². The summed E-state index contributed by atoms with van der Waals surface area (Å²) in [7, 11) is 0. The summed E-state index contributed by atoms with van der Waals surface area (Å²) in [5, 5.41) is 12.2. The van der Waals surface area contributed by atoms with E-state index in [0.717, 1.165) is 31.4 Å². The normalized spacial score (nSPS) is 17.3. The molecular formula is C14H27NO3S. The lowest BCUT2D eigenvalue weighted by atomic mass is 9.78. The summed E-state index contributed by atoms with van der Waals surface area (Å²) in [5.41, 5.74) is -1.19. The van der Waals surface area contributed by atoms with Gasteiger partial charge in [-0.1, -0.05) is 40.0 Å². The van der Waals surface area contributed by atoms with Gasteiger partial charge in [-0.15, -0.1) is 0 Å². The Balaban J connectivity index is 5.34. The highest BCUT2D eigenvalue weighted by atomic mass is 32.2. The highest BCUT2D eigenvalue weighted by Gasteiger charge is 2.52. The van der Waals surface area contributed by atoms with E-state index >= 15 is 0 Å². The van der Waals surface area contributed by atoms with Crippen molar-refractivity contribution in [2.24, 2.45) is 0 Å². The molecule has 0 heterocycles. The number of thioether (sulfide) groups is 1. The molecule has 0 aliphatic carbocycles. The number of unbranched alkanes of at least 4 members (excludes halogenated alkanes) is 2. The zero-order valence-electron chi connectivity index (χ0n) is 12.5. The SMILES string of the molecule is CCCCCC(C)(SCC)C(CC)(NC=O)C(=O)O. The molecule has 2 N–H and O–H groups in total. The molecule has 0 spiro atoms. The summed E-state index contributed by atoms with van der Waals surface area (Å²) in [6.07, 6.45) is 4.86. The second kappa shape index (κ2) is 8.46. The highest BCUT2D eigenvalue weighted by Crippen LogP contribution is 2.42. The topological polar surface area (TPSA) is 66.4 Å². The van der Waals surface area contributed by atoms with E-state index in [-0.39, 0.29) is 0 Å². The molecule has 0 bridgehead atoms. The Morgan fingerprint density at radius 3 is 2.32 bits per heavy atom. The molecule has 0 aliphatic rings. The first kappa shape index (κ1) is 18.3. The third-order valence-electron chi connectivity index (χ3n) is 3.82. The molecule has 0 aromatic carbocycles. The van der Waals surface area contributed by atoms with Crippen molar-refractivity contribution in [3.05, 3.63) is 0 Å². The average Bonchev–Trinajstić information content (AvgIpc) is 2.36. The second-order valence-corrected chi connectivity index (χ2v) is 6.71. The van der Waals surface area contributed by atoms with E-state index in [1.165, 1.54) is 0 Å². The van der Waals surface area contributed by atoms with Gasteiger partial charge in [0.25, 0.3) is 0 Å². The van der Waals surface area contributed by atoms with Crippen LogP contribution in [0.2, 0.25) is 0 Å². The predicted molar refractivity (Wildman–Crippen MR) is 80.5 cm³/mol. The first-order chi connectivity index (χ1) is 8.94. The molecule has 2 atom stereocenters. The number of aliphatic carboxylic acids is 1. The zero-order chi connectivity index (χ0) is 14.9. The summed E-state index contributed by atoms with van der Waals surface area (Å²) in [6, 6.07) is 0. The lowest BCUT2D eigenvalue weighted by Gasteiger charge is -2.44. The molecule has 112 valence electrons. The van der Waals surface area contributed by atoms with E-state index < -0.39 is 16.3 Å². The van der Waals surface area contributed by atoms with E-state index in [1.54, 1.807) is 11.8 Å². The highest BCUT2D eigenvalue weighted by molar-refractivity contribution is 8.00. The van der Waals surface area contributed by atoms with E-state index in [0.29, 0.717) is 12.8 Å². The summed E-state index contributed by atoms with van der Waals surface area (Å²) in [6.45, 7) is 7.92. The van der Waals surface area contributed by atoms with Gasteiger partial charge in [-0.3, -0.25) is 4.79 Å². The fourth-order valence-corrected chi connectivity index (χ4v) is 4.07. The van der Waals surface area contributed by atoms with Gasteiger partial charge in [-0.05, 0) is 25.5 Å². The van der Waals surface area contributed by atoms with Crippen molar-refractivity contribution in [1.82, 2.24) is 5.32 Å². The van der Waals surface area contributed by atoms with Crippen LogP contribution in [-0.2, 0) is 9.59 Å². The molecule has 4 nitrogen and oxygen atoms in total. The maximum atomic E-state index is 11.8. The monoisotopic (exact) mass is 289 g/mol. The second-order valence-electron chi connectivity index (χ2n) is 4.95. The quantitative estimate of drug-likeness (QED) is 0.453. The van der Waals surface area contributed by atoms with Crippen molar-refractivity contribution in [2.75, 3.05) is 5.75 Å². The molecule has 0 aliphatic heterocycles. The van der Waals surface area contributed by atoms with Crippen LogP contribution in [0.1, 0.15) is 59.8 Å². The molecule has 0 fully saturated rings. The van der Waals surface area contributed by atoms with Gasteiger partial charge in [-0.25, -0.2) is 4.79 Å². The number of amides is 1. The fourth-order valence-electron chi connectivity index (χ4n) is 2.61. The Kier molecular flexibility index (Phi) is 8.14. The summed E-state index contributed by atoms with van der Waals surface area (Å²) < 4.78 is -0.488. The molecule has 0 radical (unpaired) electrons. The van der Waals surface area contributed by atoms with E-state index in [1.807, 2.05) is 20.8 Å². The van der Waals surface area contributed by atoms with Gasteiger partial charge in [0, 0.05) is 4.75 Å². The lowest BCUT2D eigenvalue weighted by Crippen LogP contribution is -2.64. The van der Waals surface area contributed by atoms with Crippen molar-refractivity contribution in [1.29, 1.82) is 0 Å². The van der Waals surface area contributed by atoms with Crippen molar-refractivity contribution < 1.29 is 14.7 Å². The van der Waals surface area contributed by atoms with Gasteiger partial charge in [0.2, 0.25) is 6.41 Å². The minimum atomic E-state index is -1.19. The molecule has 0 aromatic rings. The Morgan fingerprint density at radius 1 is 1.32 bits per heavy atom. The first-order valence-electron chi connectivity index (χ1n) is 7.02.